The normalized spacial score (nSPS) is 26.8. The van der Waals surface area contributed by atoms with E-state index in [1.165, 1.54) is 6.42 Å². The van der Waals surface area contributed by atoms with Gasteiger partial charge in [0.15, 0.2) is 0 Å². The van der Waals surface area contributed by atoms with Crippen LogP contribution in [0.25, 0.3) is 0 Å². The third-order valence-corrected chi connectivity index (χ3v) is 6.14. The van der Waals surface area contributed by atoms with Crippen LogP contribution in [0.5, 0.6) is 5.75 Å². The van der Waals surface area contributed by atoms with Gasteiger partial charge in [0, 0.05) is 32.7 Å². The summed E-state index contributed by atoms with van der Waals surface area (Å²) < 4.78 is 11.6. The number of ether oxygens (including phenoxy) is 2. The number of rotatable bonds is 7. The number of β-amino-alcohol motifs (C(OH)–C–C–N with tert-alkyl or cyclic N) is 1. The maximum Gasteiger partial charge on any atom is 0.142 e. The van der Waals surface area contributed by atoms with Crippen LogP contribution in [0, 0.1) is 11.3 Å². The predicted molar refractivity (Wildman–Crippen MR) is 114 cm³/mol. The molecule has 1 N–H and O–H groups in total. The van der Waals surface area contributed by atoms with Gasteiger partial charge in [-0.1, -0.05) is 32.9 Å². The van der Waals surface area contributed by atoms with E-state index in [9.17, 15) is 5.11 Å². The molecule has 2 aliphatic rings. The van der Waals surface area contributed by atoms with Crippen LogP contribution in [-0.2, 0) is 4.74 Å². The van der Waals surface area contributed by atoms with Gasteiger partial charge >= 0.3 is 0 Å². The van der Waals surface area contributed by atoms with E-state index in [0.29, 0.717) is 24.5 Å². The highest BCUT2D eigenvalue weighted by molar-refractivity contribution is 5.58. The molecule has 1 aliphatic carbocycles. The summed E-state index contributed by atoms with van der Waals surface area (Å²) in [7, 11) is 1.72. The maximum atomic E-state index is 10.5. The predicted octanol–water partition coefficient (Wildman–Crippen LogP) is 3.41. The molecule has 1 aromatic carbocycles. The first-order chi connectivity index (χ1) is 13.4. The summed E-state index contributed by atoms with van der Waals surface area (Å²) in [6, 6.07) is 8.18. The molecule has 5 heteroatoms. The van der Waals surface area contributed by atoms with Gasteiger partial charge in [0.25, 0.3) is 0 Å². The van der Waals surface area contributed by atoms with E-state index < -0.39 is 6.10 Å². The monoisotopic (exact) mass is 390 g/mol. The Morgan fingerprint density at radius 3 is 2.54 bits per heavy atom. The van der Waals surface area contributed by atoms with Crippen LogP contribution in [-0.4, -0.2) is 68.7 Å². The third kappa shape index (κ3) is 5.85. The Bertz CT molecular complexity index is 614. The zero-order valence-corrected chi connectivity index (χ0v) is 18.1. The van der Waals surface area contributed by atoms with Crippen molar-refractivity contribution in [3.8, 4) is 5.75 Å². The van der Waals surface area contributed by atoms with Crippen molar-refractivity contribution in [2.24, 2.45) is 11.3 Å². The second-order valence-corrected chi connectivity index (χ2v) is 9.48. The van der Waals surface area contributed by atoms with Crippen molar-refractivity contribution in [3.63, 3.8) is 0 Å². The molecule has 0 amide bonds. The van der Waals surface area contributed by atoms with Crippen LogP contribution >= 0.6 is 0 Å². The summed E-state index contributed by atoms with van der Waals surface area (Å²) in [6.45, 7) is 11.9. The van der Waals surface area contributed by atoms with Crippen LogP contribution < -0.4 is 9.64 Å². The van der Waals surface area contributed by atoms with Crippen molar-refractivity contribution >= 4 is 5.69 Å². The van der Waals surface area contributed by atoms with Crippen molar-refractivity contribution in [1.82, 2.24) is 4.90 Å². The van der Waals surface area contributed by atoms with Gasteiger partial charge < -0.3 is 19.5 Å². The van der Waals surface area contributed by atoms with Crippen molar-refractivity contribution in [2.75, 3.05) is 51.3 Å². The Morgan fingerprint density at radius 2 is 1.86 bits per heavy atom. The van der Waals surface area contributed by atoms with E-state index >= 15 is 0 Å². The SMILES string of the molecule is COc1ccccc1N1CCN(C[C@@H](O)CO[C@H]2C[C@@H](C)CC(C)(C)C2)CC1. The number of anilines is 1. The standard InChI is InChI=1S/C23H38N2O3/c1-18-13-20(15-23(2,3)14-18)28-17-19(26)16-24-9-11-25(12-10-24)21-7-5-6-8-22(21)27-4/h5-8,18-20,26H,9-17H2,1-4H3/t18-,19-,20+/m1/s1. The van der Waals surface area contributed by atoms with Gasteiger partial charge in [-0.2, -0.15) is 0 Å². The number of aliphatic hydroxyl groups is 1. The average molecular weight is 391 g/mol. The zero-order chi connectivity index (χ0) is 20.1. The summed E-state index contributed by atoms with van der Waals surface area (Å²) in [5, 5.41) is 10.5. The number of piperazine rings is 1. The molecule has 0 unspecified atom stereocenters. The van der Waals surface area contributed by atoms with E-state index in [-0.39, 0.29) is 6.10 Å². The average Bonchev–Trinajstić information content (AvgIpc) is 2.65. The van der Waals surface area contributed by atoms with Crippen molar-refractivity contribution in [2.45, 2.75) is 52.2 Å². The number of benzene rings is 1. The van der Waals surface area contributed by atoms with Gasteiger partial charge in [0.2, 0.25) is 0 Å². The van der Waals surface area contributed by atoms with E-state index in [2.05, 4.69) is 42.7 Å². The number of hydrogen-bond acceptors (Lipinski definition) is 5. The number of para-hydroxylation sites is 2. The largest absolute Gasteiger partial charge is 0.495 e. The molecule has 0 radical (unpaired) electrons. The summed E-state index contributed by atoms with van der Waals surface area (Å²) in [5.74, 6) is 1.63. The Morgan fingerprint density at radius 1 is 1.14 bits per heavy atom. The molecule has 1 aliphatic heterocycles. The lowest BCUT2D eigenvalue weighted by atomic mass is 9.71. The van der Waals surface area contributed by atoms with Crippen LogP contribution in [0.3, 0.4) is 0 Å². The van der Waals surface area contributed by atoms with Gasteiger partial charge in [-0.05, 0) is 42.7 Å². The zero-order valence-electron chi connectivity index (χ0n) is 18.1. The second kappa shape index (κ2) is 9.47. The van der Waals surface area contributed by atoms with Gasteiger partial charge in [0.05, 0.1) is 31.6 Å². The van der Waals surface area contributed by atoms with E-state index in [1.54, 1.807) is 7.11 Å². The molecule has 2 fully saturated rings. The van der Waals surface area contributed by atoms with Crippen LogP contribution in [0.1, 0.15) is 40.0 Å². The Kier molecular flexibility index (Phi) is 7.24. The lowest BCUT2D eigenvalue weighted by molar-refractivity contribution is -0.0615. The van der Waals surface area contributed by atoms with Crippen LogP contribution in [0.15, 0.2) is 24.3 Å². The lowest BCUT2D eigenvalue weighted by Crippen LogP contribution is -2.49. The highest BCUT2D eigenvalue weighted by Crippen LogP contribution is 2.39. The molecule has 1 aromatic rings. The minimum atomic E-state index is -0.418. The fraction of sp³-hybridized carbons (Fsp3) is 0.739. The minimum absolute atomic E-state index is 0.288. The first-order valence-electron chi connectivity index (χ1n) is 10.8. The first-order valence-corrected chi connectivity index (χ1v) is 10.8. The van der Waals surface area contributed by atoms with Gasteiger partial charge in [-0.15, -0.1) is 0 Å². The quantitative estimate of drug-likeness (QED) is 0.773. The Labute approximate surface area is 170 Å². The molecule has 0 bridgehead atoms. The smallest absolute Gasteiger partial charge is 0.142 e. The minimum Gasteiger partial charge on any atom is -0.495 e. The maximum absolute atomic E-state index is 10.5. The molecule has 5 nitrogen and oxygen atoms in total. The topological polar surface area (TPSA) is 45.2 Å². The van der Waals surface area contributed by atoms with Crippen molar-refractivity contribution < 1.29 is 14.6 Å². The van der Waals surface area contributed by atoms with E-state index in [4.69, 9.17) is 9.47 Å². The molecule has 1 saturated heterocycles. The molecule has 1 heterocycles. The van der Waals surface area contributed by atoms with Crippen LogP contribution in [0.2, 0.25) is 0 Å². The summed E-state index contributed by atoms with van der Waals surface area (Å²) >= 11 is 0. The van der Waals surface area contributed by atoms with E-state index in [1.807, 2.05) is 12.1 Å². The van der Waals surface area contributed by atoms with Crippen molar-refractivity contribution in [1.29, 1.82) is 0 Å². The number of methoxy groups -OCH3 is 1. The molecular weight excluding hydrogens is 352 g/mol. The summed E-state index contributed by atoms with van der Waals surface area (Å²) in [4.78, 5) is 4.71. The molecular formula is C23H38N2O3. The highest BCUT2D eigenvalue weighted by Gasteiger charge is 2.33. The molecule has 3 rings (SSSR count). The number of nitrogens with zero attached hydrogens (tertiary/aromatic N) is 2. The molecule has 28 heavy (non-hydrogen) atoms. The third-order valence-electron chi connectivity index (χ3n) is 6.14. The fourth-order valence-electron chi connectivity index (χ4n) is 5.05. The van der Waals surface area contributed by atoms with Gasteiger partial charge in [-0.25, -0.2) is 0 Å². The first kappa shape index (κ1) is 21.4. The Balaban J connectivity index is 1.41. The lowest BCUT2D eigenvalue weighted by Gasteiger charge is -2.39. The second-order valence-electron chi connectivity index (χ2n) is 9.48. The summed E-state index contributed by atoms with van der Waals surface area (Å²) in [5.41, 5.74) is 1.50. The highest BCUT2D eigenvalue weighted by atomic mass is 16.5. The Hall–Kier alpha value is -1.30. The fourth-order valence-corrected chi connectivity index (χ4v) is 5.05. The van der Waals surface area contributed by atoms with E-state index in [0.717, 1.165) is 50.5 Å². The molecule has 3 atom stereocenters. The van der Waals surface area contributed by atoms with Crippen LogP contribution in [0.4, 0.5) is 5.69 Å². The van der Waals surface area contributed by atoms with Gasteiger partial charge in [0.1, 0.15) is 5.75 Å². The number of aliphatic hydroxyl groups excluding tert-OH is 1. The number of hydrogen-bond donors (Lipinski definition) is 1. The molecule has 1 saturated carbocycles. The molecule has 158 valence electrons. The summed E-state index contributed by atoms with van der Waals surface area (Å²) in [6.07, 6.45) is 3.36. The molecule has 0 spiro atoms. The van der Waals surface area contributed by atoms with Crippen molar-refractivity contribution in [3.05, 3.63) is 24.3 Å². The molecule has 0 aromatic heterocycles. The van der Waals surface area contributed by atoms with Gasteiger partial charge in [-0.3, -0.25) is 4.90 Å².